The zero-order chi connectivity index (χ0) is 21.4. The van der Waals surface area contributed by atoms with Crippen molar-refractivity contribution in [3.63, 3.8) is 0 Å². The minimum absolute atomic E-state index is 0.00908. The summed E-state index contributed by atoms with van der Waals surface area (Å²) in [6, 6.07) is 22.8. The lowest BCUT2D eigenvalue weighted by Gasteiger charge is -2.09. The number of terminal acetylenes is 1. The number of carbonyl (C=O) groups is 2. The molecule has 1 aliphatic rings. The fourth-order valence-corrected chi connectivity index (χ4v) is 4.83. The van der Waals surface area contributed by atoms with Gasteiger partial charge in [-0.25, -0.2) is 0 Å². The van der Waals surface area contributed by atoms with Crippen LogP contribution in [-0.4, -0.2) is 27.2 Å². The first-order valence-electron chi connectivity index (χ1n) is 9.89. The van der Waals surface area contributed by atoms with Crippen molar-refractivity contribution in [1.82, 2.24) is 9.47 Å². The molecule has 1 saturated heterocycles. The van der Waals surface area contributed by atoms with Crippen LogP contribution in [0.25, 0.3) is 27.8 Å². The Labute approximate surface area is 184 Å². The number of benzene rings is 3. The number of amides is 2. The van der Waals surface area contributed by atoms with E-state index in [1.165, 1.54) is 16.3 Å². The highest BCUT2D eigenvalue weighted by molar-refractivity contribution is 8.18. The predicted octanol–water partition coefficient (Wildman–Crippen LogP) is 5.51. The van der Waals surface area contributed by atoms with Crippen LogP contribution in [0.5, 0.6) is 0 Å². The number of nitrogens with zero attached hydrogens (tertiary/aromatic N) is 2. The molecule has 4 aromatic rings. The van der Waals surface area contributed by atoms with Gasteiger partial charge >= 0.3 is 0 Å². The molecule has 3 aromatic carbocycles. The van der Waals surface area contributed by atoms with Gasteiger partial charge in [0.2, 0.25) is 0 Å². The molecular formula is C26H18N2O2S. The van der Waals surface area contributed by atoms with Gasteiger partial charge in [0.25, 0.3) is 11.1 Å². The first-order valence-corrected chi connectivity index (χ1v) is 10.7. The maximum Gasteiger partial charge on any atom is 0.294 e. The third kappa shape index (κ3) is 3.41. The van der Waals surface area contributed by atoms with Gasteiger partial charge in [0.15, 0.2) is 0 Å². The van der Waals surface area contributed by atoms with Crippen molar-refractivity contribution in [2.45, 2.75) is 6.54 Å². The number of fused-ring (bicyclic) bond motifs is 2. The summed E-state index contributed by atoms with van der Waals surface area (Å²) in [6.07, 6.45) is 9.13. The van der Waals surface area contributed by atoms with Gasteiger partial charge < -0.3 is 4.57 Å². The van der Waals surface area contributed by atoms with Crippen molar-refractivity contribution in [3.05, 3.63) is 89.0 Å². The maximum absolute atomic E-state index is 12.6. The Hall–Kier alpha value is -3.75. The SMILES string of the molecule is C#CCN1C(=O)S/C(=C/c2cn(Cc3cccc4ccccc34)c3ccccc23)C1=O. The van der Waals surface area contributed by atoms with E-state index in [0.29, 0.717) is 11.4 Å². The average Bonchev–Trinajstić information content (AvgIpc) is 3.26. The van der Waals surface area contributed by atoms with Crippen molar-refractivity contribution in [2.75, 3.05) is 6.54 Å². The minimum atomic E-state index is -0.334. The molecule has 0 bridgehead atoms. The van der Waals surface area contributed by atoms with Crippen LogP contribution in [0.3, 0.4) is 0 Å². The monoisotopic (exact) mass is 422 g/mol. The van der Waals surface area contributed by atoms with Gasteiger partial charge in [0, 0.05) is 29.2 Å². The Bertz CT molecular complexity index is 1420. The second-order valence-electron chi connectivity index (χ2n) is 7.34. The third-order valence-corrected chi connectivity index (χ3v) is 6.36. The zero-order valence-corrected chi connectivity index (χ0v) is 17.4. The Balaban J connectivity index is 1.57. The summed E-state index contributed by atoms with van der Waals surface area (Å²) < 4.78 is 2.19. The molecule has 1 aromatic heterocycles. The fraction of sp³-hybridized carbons (Fsp3) is 0.0769. The van der Waals surface area contributed by atoms with Crippen LogP contribution in [0.4, 0.5) is 4.79 Å². The molecule has 1 fully saturated rings. The average molecular weight is 423 g/mol. The molecule has 4 nitrogen and oxygen atoms in total. The van der Waals surface area contributed by atoms with Crippen molar-refractivity contribution in [1.29, 1.82) is 0 Å². The van der Waals surface area contributed by atoms with Crippen LogP contribution < -0.4 is 0 Å². The molecule has 0 saturated carbocycles. The number of thioether (sulfide) groups is 1. The molecule has 0 spiro atoms. The van der Waals surface area contributed by atoms with Crippen molar-refractivity contribution in [2.24, 2.45) is 0 Å². The molecule has 0 unspecified atom stereocenters. The highest BCUT2D eigenvalue weighted by Gasteiger charge is 2.34. The second-order valence-corrected chi connectivity index (χ2v) is 8.33. The van der Waals surface area contributed by atoms with E-state index in [2.05, 4.69) is 53.0 Å². The summed E-state index contributed by atoms with van der Waals surface area (Å²) >= 11 is 0.934. The molecule has 0 radical (unpaired) electrons. The smallest absolute Gasteiger partial charge is 0.294 e. The van der Waals surface area contributed by atoms with E-state index >= 15 is 0 Å². The van der Waals surface area contributed by atoms with E-state index in [1.54, 1.807) is 6.08 Å². The van der Waals surface area contributed by atoms with E-state index in [-0.39, 0.29) is 17.7 Å². The number of imide groups is 1. The number of hydrogen-bond donors (Lipinski definition) is 0. The highest BCUT2D eigenvalue weighted by atomic mass is 32.2. The lowest BCUT2D eigenvalue weighted by Crippen LogP contribution is -2.28. The molecule has 2 heterocycles. The zero-order valence-electron chi connectivity index (χ0n) is 16.6. The predicted molar refractivity (Wildman–Crippen MR) is 126 cm³/mol. The van der Waals surface area contributed by atoms with Gasteiger partial charge in [-0.15, -0.1) is 6.42 Å². The molecule has 5 rings (SSSR count). The van der Waals surface area contributed by atoms with E-state index in [9.17, 15) is 9.59 Å². The van der Waals surface area contributed by atoms with Gasteiger partial charge in [-0.1, -0.05) is 66.6 Å². The summed E-state index contributed by atoms with van der Waals surface area (Å²) in [5.74, 6) is 2.04. The highest BCUT2D eigenvalue weighted by Crippen LogP contribution is 2.34. The van der Waals surface area contributed by atoms with Crippen molar-refractivity contribution < 1.29 is 9.59 Å². The normalized spacial score (nSPS) is 15.3. The Morgan fingerprint density at radius 1 is 0.935 bits per heavy atom. The van der Waals surface area contributed by atoms with Gasteiger partial charge in [-0.2, -0.15) is 0 Å². The molecule has 31 heavy (non-hydrogen) atoms. The molecular weight excluding hydrogens is 404 g/mol. The van der Waals surface area contributed by atoms with Crippen LogP contribution in [0.1, 0.15) is 11.1 Å². The van der Waals surface area contributed by atoms with E-state index in [1.807, 2.05) is 30.5 Å². The summed E-state index contributed by atoms with van der Waals surface area (Å²) in [6.45, 7) is 0.694. The minimum Gasteiger partial charge on any atom is -0.342 e. The number of rotatable bonds is 4. The number of para-hydroxylation sites is 1. The number of carbonyl (C=O) groups excluding carboxylic acids is 2. The lowest BCUT2D eigenvalue weighted by molar-refractivity contribution is -0.122. The fourth-order valence-electron chi connectivity index (χ4n) is 4.00. The van der Waals surface area contributed by atoms with Gasteiger partial charge in [-0.05, 0) is 40.2 Å². The van der Waals surface area contributed by atoms with Gasteiger partial charge in [0.1, 0.15) is 0 Å². The van der Waals surface area contributed by atoms with E-state index in [0.717, 1.165) is 33.1 Å². The first kappa shape index (κ1) is 19.2. The third-order valence-electron chi connectivity index (χ3n) is 5.45. The van der Waals surface area contributed by atoms with Crippen LogP contribution in [0, 0.1) is 12.3 Å². The van der Waals surface area contributed by atoms with E-state index < -0.39 is 0 Å². The van der Waals surface area contributed by atoms with Crippen molar-refractivity contribution >= 4 is 50.7 Å². The van der Waals surface area contributed by atoms with Crippen LogP contribution in [-0.2, 0) is 11.3 Å². The van der Waals surface area contributed by atoms with Gasteiger partial charge in [0.05, 0.1) is 11.4 Å². The molecule has 1 aliphatic heterocycles. The van der Waals surface area contributed by atoms with Gasteiger partial charge in [-0.3, -0.25) is 14.5 Å². The molecule has 150 valence electrons. The Kier molecular flexibility index (Phi) is 4.85. The molecule has 0 atom stereocenters. The largest absolute Gasteiger partial charge is 0.342 e. The number of aromatic nitrogens is 1. The Morgan fingerprint density at radius 2 is 1.68 bits per heavy atom. The number of hydrogen-bond acceptors (Lipinski definition) is 3. The van der Waals surface area contributed by atoms with Crippen LogP contribution in [0.2, 0.25) is 0 Å². The summed E-state index contributed by atoms with van der Waals surface area (Å²) in [5, 5.41) is 3.14. The lowest BCUT2D eigenvalue weighted by atomic mass is 10.0. The summed E-state index contributed by atoms with van der Waals surface area (Å²) in [4.78, 5) is 26.2. The molecule has 2 amide bonds. The first-order chi connectivity index (χ1) is 15.2. The Morgan fingerprint density at radius 3 is 2.52 bits per heavy atom. The van der Waals surface area contributed by atoms with E-state index in [4.69, 9.17) is 6.42 Å². The molecule has 5 heteroatoms. The second kappa shape index (κ2) is 7.82. The summed E-state index contributed by atoms with van der Waals surface area (Å²) in [7, 11) is 0. The standard InChI is InChI=1S/C26H18N2O2S/c1-2-14-28-25(29)24(31-26(28)30)15-20-17-27(23-13-6-5-12-22(20)23)16-19-10-7-9-18-8-3-4-11-21(18)19/h1,3-13,15,17H,14,16H2/b24-15+. The van der Waals surface area contributed by atoms with Crippen molar-refractivity contribution in [3.8, 4) is 12.3 Å². The topological polar surface area (TPSA) is 42.3 Å². The molecule has 0 aliphatic carbocycles. The quantitative estimate of drug-likeness (QED) is 0.322. The summed E-state index contributed by atoms with van der Waals surface area (Å²) in [5.41, 5.74) is 3.20. The van der Waals surface area contributed by atoms with Crippen LogP contribution >= 0.6 is 11.8 Å². The maximum atomic E-state index is 12.6. The molecule has 0 N–H and O–H groups in total. The van der Waals surface area contributed by atoms with Crippen LogP contribution in [0.15, 0.2) is 77.8 Å².